The van der Waals surface area contributed by atoms with Crippen LogP contribution in [-0.4, -0.2) is 41.8 Å². The summed E-state index contributed by atoms with van der Waals surface area (Å²) in [5.41, 5.74) is 1.71. The quantitative estimate of drug-likeness (QED) is 0.823. The van der Waals surface area contributed by atoms with Crippen molar-refractivity contribution in [1.82, 2.24) is 9.88 Å². The molecule has 0 saturated carbocycles. The van der Waals surface area contributed by atoms with Gasteiger partial charge in [-0.15, -0.1) is 0 Å². The van der Waals surface area contributed by atoms with Crippen molar-refractivity contribution in [2.45, 2.75) is 32.4 Å². The minimum absolute atomic E-state index is 0.137. The van der Waals surface area contributed by atoms with E-state index < -0.39 is 0 Å². The van der Waals surface area contributed by atoms with Crippen molar-refractivity contribution < 1.29 is 14.3 Å². The van der Waals surface area contributed by atoms with E-state index in [0.717, 1.165) is 25.0 Å². The largest absolute Gasteiger partial charge is 0.489 e. The zero-order valence-corrected chi connectivity index (χ0v) is 15.1. The number of nitrogens with zero attached hydrogens (tertiary/aromatic N) is 2. The Bertz CT molecular complexity index is 702. The molecule has 0 bridgehead atoms. The molecule has 1 aromatic heterocycles. The molecule has 6 nitrogen and oxygen atoms in total. The van der Waals surface area contributed by atoms with Gasteiger partial charge in [0, 0.05) is 32.1 Å². The van der Waals surface area contributed by atoms with E-state index in [1.165, 1.54) is 0 Å². The Morgan fingerprint density at radius 3 is 2.85 bits per heavy atom. The molecule has 1 saturated heterocycles. The Morgan fingerprint density at radius 1 is 1.31 bits per heavy atom. The van der Waals surface area contributed by atoms with E-state index in [2.05, 4.69) is 10.3 Å². The molecule has 1 atom stereocenters. The summed E-state index contributed by atoms with van der Waals surface area (Å²) in [5.74, 6) is 0.663. The van der Waals surface area contributed by atoms with Crippen LogP contribution < -0.4 is 10.1 Å². The van der Waals surface area contributed by atoms with Gasteiger partial charge in [-0.3, -0.25) is 4.98 Å². The summed E-state index contributed by atoms with van der Waals surface area (Å²) in [6.45, 7) is 4.39. The third kappa shape index (κ3) is 4.95. The minimum atomic E-state index is -0.155. The molecule has 138 valence electrons. The summed E-state index contributed by atoms with van der Waals surface area (Å²) >= 11 is 0. The van der Waals surface area contributed by atoms with E-state index >= 15 is 0 Å². The monoisotopic (exact) mass is 355 g/mol. The highest BCUT2D eigenvalue weighted by atomic mass is 16.5. The Morgan fingerprint density at radius 2 is 2.12 bits per heavy atom. The van der Waals surface area contributed by atoms with Gasteiger partial charge in [0.15, 0.2) is 0 Å². The molecule has 2 heterocycles. The fourth-order valence-corrected chi connectivity index (χ4v) is 2.88. The lowest BCUT2D eigenvalue weighted by molar-refractivity contribution is 0.0682. The molecule has 2 aromatic rings. The highest BCUT2D eigenvalue weighted by Crippen LogP contribution is 2.25. The second kappa shape index (κ2) is 9.20. The fourth-order valence-electron chi connectivity index (χ4n) is 2.88. The molecule has 6 heteroatoms. The van der Waals surface area contributed by atoms with Gasteiger partial charge in [0.05, 0.1) is 11.8 Å². The van der Waals surface area contributed by atoms with Gasteiger partial charge in [-0.2, -0.15) is 0 Å². The number of para-hydroxylation sites is 2. The highest BCUT2D eigenvalue weighted by Gasteiger charge is 2.18. The standard InChI is InChI=1S/C20H25N3O3/c1-2-23(14-16-9-11-21-12-10-16)20(24)22-18-7-3-4-8-19(18)26-15-17-6-5-13-25-17/h3-4,7-12,17H,2,5-6,13-15H2,1H3,(H,22,24)/t17-/m0/s1. The molecule has 1 aliphatic rings. The number of benzene rings is 1. The number of hydrogen-bond donors (Lipinski definition) is 1. The summed E-state index contributed by atoms with van der Waals surface area (Å²) in [5, 5.41) is 2.96. The predicted molar refractivity (Wildman–Crippen MR) is 100 cm³/mol. The predicted octanol–water partition coefficient (Wildman–Crippen LogP) is 3.69. The number of amides is 2. The summed E-state index contributed by atoms with van der Waals surface area (Å²) in [6, 6.07) is 11.2. The lowest BCUT2D eigenvalue weighted by Crippen LogP contribution is -2.34. The maximum Gasteiger partial charge on any atom is 0.322 e. The number of anilines is 1. The lowest BCUT2D eigenvalue weighted by atomic mass is 10.2. The zero-order valence-electron chi connectivity index (χ0n) is 15.1. The number of hydrogen-bond acceptors (Lipinski definition) is 4. The first-order valence-electron chi connectivity index (χ1n) is 9.04. The van der Waals surface area contributed by atoms with E-state index in [9.17, 15) is 4.79 Å². The van der Waals surface area contributed by atoms with Crippen LogP contribution in [0.25, 0.3) is 0 Å². The van der Waals surface area contributed by atoms with Gasteiger partial charge in [-0.05, 0) is 49.6 Å². The highest BCUT2D eigenvalue weighted by molar-refractivity contribution is 5.90. The third-order valence-corrected chi connectivity index (χ3v) is 4.37. The van der Waals surface area contributed by atoms with Crippen molar-refractivity contribution in [3.8, 4) is 5.75 Å². The topological polar surface area (TPSA) is 63.7 Å². The molecule has 0 radical (unpaired) electrons. The fraction of sp³-hybridized carbons (Fsp3) is 0.400. The molecule has 3 rings (SSSR count). The minimum Gasteiger partial charge on any atom is -0.489 e. The molecular formula is C20H25N3O3. The molecular weight excluding hydrogens is 330 g/mol. The van der Waals surface area contributed by atoms with Crippen LogP contribution in [0.1, 0.15) is 25.3 Å². The zero-order chi connectivity index (χ0) is 18.2. The molecule has 0 aliphatic carbocycles. The van der Waals surface area contributed by atoms with Crippen LogP contribution in [0.2, 0.25) is 0 Å². The van der Waals surface area contributed by atoms with Crippen LogP contribution in [0.3, 0.4) is 0 Å². The maximum absolute atomic E-state index is 12.7. The summed E-state index contributed by atoms with van der Waals surface area (Å²) in [6.07, 6.45) is 5.69. The van der Waals surface area contributed by atoms with E-state index in [4.69, 9.17) is 9.47 Å². The van der Waals surface area contributed by atoms with E-state index in [1.54, 1.807) is 17.3 Å². The summed E-state index contributed by atoms with van der Waals surface area (Å²) in [7, 11) is 0. The maximum atomic E-state index is 12.7. The van der Waals surface area contributed by atoms with Crippen LogP contribution in [-0.2, 0) is 11.3 Å². The van der Waals surface area contributed by atoms with Gasteiger partial charge < -0.3 is 19.7 Å². The smallest absolute Gasteiger partial charge is 0.322 e. The number of carbonyl (C=O) groups excluding carboxylic acids is 1. The van der Waals surface area contributed by atoms with E-state index in [1.807, 2.05) is 43.3 Å². The number of pyridine rings is 1. The molecule has 1 N–H and O–H groups in total. The Hall–Kier alpha value is -2.60. The average molecular weight is 355 g/mol. The van der Waals surface area contributed by atoms with Crippen molar-refractivity contribution in [1.29, 1.82) is 0 Å². The van der Waals surface area contributed by atoms with Crippen LogP contribution in [0.5, 0.6) is 5.75 Å². The van der Waals surface area contributed by atoms with Gasteiger partial charge in [-0.1, -0.05) is 12.1 Å². The number of aromatic nitrogens is 1. The molecule has 26 heavy (non-hydrogen) atoms. The number of urea groups is 1. The third-order valence-electron chi connectivity index (χ3n) is 4.37. The van der Waals surface area contributed by atoms with Gasteiger partial charge in [0.25, 0.3) is 0 Å². The van der Waals surface area contributed by atoms with Gasteiger partial charge in [-0.25, -0.2) is 4.79 Å². The molecule has 0 spiro atoms. The first-order chi connectivity index (χ1) is 12.8. The van der Waals surface area contributed by atoms with Crippen molar-refractivity contribution >= 4 is 11.7 Å². The van der Waals surface area contributed by atoms with E-state index in [-0.39, 0.29) is 12.1 Å². The molecule has 1 aromatic carbocycles. The van der Waals surface area contributed by atoms with Crippen molar-refractivity contribution in [3.63, 3.8) is 0 Å². The molecule has 1 aliphatic heterocycles. The number of carbonyl (C=O) groups is 1. The molecule has 1 fully saturated rings. The van der Waals surface area contributed by atoms with E-state index in [0.29, 0.717) is 31.1 Å². The van der Waals surface area contributed by atoms with Crippen molar-refractivity contribution in [2.75, 3.05) is 25.1 Å². The Kier molecular flexibility index (Phi) is 6.44. The van der Waals surface area contributed by atoms with Crippen LogP contribution in [0, 0.1) is 0 Å². The van der Waals surface area contributed by atoms with Gasteiger partial charge in [0.1, 0.15) is 12.4 Å². The summed E-state index contributed by atoms with van der Waals surface area (Å²) < 4.78 is 11.5. The Balaban J connectivity index is 1.62. The first kappa shape index (κ1) is 18.2. The number of nitrogens with one attached hydrogen (secondary N) is 1. The second-order valence-electron chi connectivity index (χ2n) is 6.24. The Labute approximate surface area is 154 Å². The second-order valence-corrected chi connectivity index (χ2v) is 6.24. The van der Waals surface area contributed by atoms with Crippen LogP contribution >= 0.6 is 0 Å². The van der Waals surface area contributed by atoms with Gasteiger partial charge in [0.2, 0.25) is 0 Å². The van der Waals surface area contributed by atoms with Crippen molar-refractivity contribution in [2.24, 2.45) is 0 Å². The first-order valence-corrected chi connectivity index (χ1v) is 9.04. The number of ether oxygens (including phenoxy) is 2. The average Bonchev–Trinajstić information content (AvgIpc) is 3.20. The van der Waals surface area contributed by atoms with Crippen LogP contribution in [0.4, 0.5) is 10.5 Å². The van der Waals surface area contributed by atoms with Crippen molar-refractivity contribution in [3.05, 3.63) is 54.4 Å². The van der Waals surface area contributed by atoms with Crippen LogP contribution in [0.15, 0.2) is 48.8 Å². The SMILES string of the molecule is CCN(Cc1ccncc1)C(=O)Nc1ccccc1OC[C@@H]1CCCO1. The normalized spacial score (nSPS) is 16.3. The molecule has 0 unspecified atom stereocenters. The van der Waals surface area contributed by atoms with Gasteiger partial charge >= 0.3 is 6.03 Å². The number of rotatable bonds is 7. The summed E-state index contributed by atoms with van der Waals surface area (Å²) in [4.78, 5) is 18.4. The molecule has 2 amide bonds. The lowest BCUT2D eigenvalue weighted by Gasteiger charge is -2.22.